The normalized spacial score (nSPS) is 13.2. The number of hydrogen-bond acceptors (Lipinski definition) is 0. The summed E-state index contributed by atoms with van der Waals surface area (Å²) in [5.74, 6) is 0.282. The van der Waals surface area contributed by atoms with E-state index < -0.39 is 0 Å². The van der Waals surface area contributed by atoms with Gasteiger partial charge in [0.15, 0.2) is 0 Å². The molecule has 0 fully saturated rings. The number of aromatic nitrogens is 1. The topological polar surface area (TPSA) is 15.8 Å². The number of rotatable bonds is 2. The maximum atomic E-state index is 3.53. The number of hydrogen-bond donors (Lipinski definition) is 1. The van der Waals surface area contributed by atoms with Crippen molar-refractivity contribution in [2.75, 3.05) is 0 Å². The lowest BCUT2D eigenvalue weighted by Crippen LogP contribution is -1.98. The molecule has 1 nitrogen and oxygen atoms in total. The van der Waals surface area contributed by atoms with E-state index in [-0.39, 0.29) is 5.92 Å². The Balaban J connectivity index is 1.54. The molecule has 146 valence electrons. The average Bonchev–Trinajstić information content (AvgIpc) is 3.27. The Bertz CT molecular complexity index is 1740. The van der Waals surface area contributed by atoms with Crippen LogP contribution in [0.2, 0.25) is 0 Å². The zero-order chi connectivity index (χ0) is 20.5. The third-order valence-electron chi connectivity index (χ3n) is 7.10. The Morgan fingerprint density at radius 2 is 1.19 bits per heavy atom. The molecular weight excluding hydrogens is 374 g/mol. The van der Waals surface area contributed by atoms with Gasteiger partial charge in [-0.05, 0) is 60.3 Å². The van der Waals surface area contributed by atoms with Crippen LogP contribution >= 0.6 is 0 Å². The van der Waals surface area contributed by atoms with E-state index in [1.165, 1.54) is 65.1 Å². The summed E-state index contributed by atoms with van der Waals surface area (Å²) in [5, 5.41) is 12.1. The number of benzene rings is 6. The van der Waals surface area contributed by atoms with Crippen LogP contribution in [0.25, 0.3) is 54.0 Å². The first-order valence-corrected chi connectivity index (χ1v) is 10.9. The fourth-order valence-corrected chi connectivity index (χ4v) is 5.57. The van der Waals surface area contributed by atoms with Crippen molar-refractivity contribution >= 4 is 54.0 Å². The quantitative estimate of drug-likeness (QED) is 0.283. The van der Waals surface area contributed by atoms with Gasteiger partial charge in [0.25, 0.3) is 0 Å². The molecule has 0 saturated heterocycles. The molecule has 1 heteroatoms. The van der Waals surface area contributed by atoms with Crippen LogP contribution in [0.3, 0.4) is 0 Å². The van der Waals surface area contributed by atoms with Gasteiger partial charge in [0.2, 0.25) is 0 Å². The highest BCUT2D eigenvalue weighted by Gasteiger charge is 2.19. The molecule has 0 aliphatic carbocycles. The molecule has 1 N–H and O–H groups in total. The fourth-order valence-electron chi connectivity index (χ4n) is 5.57. The first-order valence-electron chi connectivity index (χ1n) is 10.9. The summed E-state index contributed by atoms with van der Waals surface area (Å²) in [6.45, 7) is 2.34. The highest BCUT2D eigenvalue weighted by Crippen LogP contribution is 2.41. The minimum atomic E-state index is 0.282. The summed E-state index contributed by atoms with van der Waals surface area (Å²) < 4.78 is 0. The van der Waals surface area contributed by atoms with E-state index in [9.17, 15) is 0 Å². The Morgan fingerprint density at radius 1 is 0.516 bits per heavy atom. The molecule has 6 aromatic carbocycles. The maximum absolute atomic E-state index is 3.53. The summed E-state index contributed by atoms with van der Waals surface area (Å²) in [6.07, 6.45) is 2.21. The van der Waals surface area contributed by atoms with E-state index in [1.54, 1.807) is 0 Å². The first kappa shape index (κ1) is 16.9. The third kappa shape index (κ3) is 2.26. The maximum Gasteiger partial charge on any atom is 0.0463 e. The van der Waals surface area contributed by atoms with Crippen molar-refractivity contribution in [3.8, 4) is 0 Å². The van der Waals surface area contributed by atoms with Crippen molar-refractivity contribution in [2.45, 2.75) is 12.8 Å². The second-order valence-corrected chi connectivity index (χ2v) is 8.69. The summed E-state index contributed by atoms with van der Waals surface area (Å²) in [7, 11) is 0. The van der Waals surface area contributed by atoms with Gasteiger partial charge in [-0.15, -0.1) is 0 Å². The van der Waals surface area contributed by atoms with E-state index in [4.69, 9.17) is 0 Å². The van der Waals surface area contributed by atoms with E-state index in [0.717, 1.165) is 0 Å². The highest BCUT2D eigenvalue weighted by molar-refractivity contribution is 6.23. The highest BCUT2D eigenvalue weighted by atomic mass is 14.7. The average molecular weight is 396 g/mol. The Labute approximate surface area is 180 Å². The zero-order valence-electron chi connectivity index (χ0n) is 17.3. The molecule has 0 bridgehead atoms. The number of fused-ring (bicyclic) bond motifs is 3. The predicted molar refractivity (Wildman–Crippen MR) is 133 cm³/mol. The van der Waals surface area contributed by atoms with Gasteiger partial charge in [0.05, 0.1) is 0 Å². The molecule has 7 aromatic rings. The van der Waals surface area contributed by atoms with E-state index in [1.807, 2.05) is 0 Å². The number of aromatic amines is 1. The van der Waals surface area contributed by atoms with E-state index >= 15 is 0 Å². The van der Waals surface area contributed by atoms with Gasteiger partial charge in [0.1, 0.15) is 0 Å². The summed E-state index contributed by atoms with van der Waals surface area (Å²) in [5.41, 5.74) is 3.96. The van der Waals surface area contributed by atoms with Crippen molar-refractivity contribution in [1.29, 1.82) is 0 Å². The van der Waals surface area contributed by atoms with Crippen LogP contribution in [0.1, 0.15) is 24.0 Å². The molecule has 31 heavy (non-hydrogen) atoms. The Hall–Kier alpha value is -3.84. The first-order chi connectivity index (χ1) is 15.3. The molecule has 1 heterocycles. The van der Waals surface area contributed by atoms with Gasteiger partial charge >= 0.3 is 0 Å². The molecule has 7 rings (SSSR count). The molecular formula is C30H21N. The van der Waals surface area contributed by atoms with Crippen LogP contribution < -0.4 is 0 Å². The molecule has 1 unspecified atom stereocenters. The molecule has 0 spiro atoms. The monoisotopic (exact) mass is 395 g/mol. The van der Waals surface area contributed by atoms with Crippen LogP contribution in [0.4, 0.5) is 0 Å². The lowest BCUT2D eigenvalue weighted by atomic mass is 9.85. The van der Waals surface area contributed by atoms with Crippen LogP contribution in [0, 0.1) is 0 Å². The lowest BCUT2D eigenvalue weighted by Gasteiger charge is -2.18. The van der Waals surface area contributed by atoms with Gasteiger partial charge in [-0.2, -0.15) is 0 Å². The van der Waals surface area contributed by atoms with E-state index in [2.05, 4.69) is 109 Å². The molecule has 0 radical (unpaired) electrons. The largest absolute Gasteiger partial charge is 0.361 e. The van der Waals surface area contributed by atoms with Crippen molar-refractivity contribution < 1.29 is 0 Å². The summed E-state index contributed by atoms with van der Waals surface area (Å²) in [6, 6.07) is 33.5. The molecule has 1 aromatic heterocycles. The lowest BCUT2D eigenvalue weighted by molar-refractivity contribution is 0.944. The number of nitrogens with one attached hydrogen (secondary N) is 1. The minimum absolute atomic E-state index is 0.282. The second kappa shape index (κ2) is 6.09. The predicted octanol–water partition coefficient (Wildman–Crippen LogP) is 8.37. The second-order valence-electron chi connectivity index (χ2n) is 8.69. The molecule has 0 aliphatic heterocycles. The SMILES string of the molecule is CC(c1ccc2ccc3cccc4ccc1c2c34)c1c[nH]c2ccc3ccccc3c12. The van der Waals surface area contributed by atoms with Crippen LogP contribution in [-0.4, -0.2) is 4.98 Å². The summed E-state index contributed by atoms with van der Waals surface area (Å²) in [4.78, 5) is 3.53. The molecule has 1 atom stereocenters. The van der Waals surface area contributed by atoms with Gasteiger partial charge in [0, 0.05) is 23.0 Å². The van der Waals surface area contributed by atoms with Crippen molar-refractivity contribution in [3.05, 3.63) is 108 Å². The van der Waals surface area contributed by atoms with Gasteiger partial charge in [-0.25, -0.2) is 0 Å². The third-order valence-corrected chi connectivity index (χ3v) is 7.10. The van der Waals surface area contributed by atoms with Gasteiger partial charge in [-0.1, -0.05) is 91.9 Å². The van der Waals surface area contributed by atoms with Crippen molar-refractivity contribution in [2.24, 2.45) is 0 Å². The summed E-state index contributed by atoms with van der Waals surface area (Å²) >= 11 is 0. The molecule has 0 amide bonds. The fraction of sp³-hybridized carbons (Fsp3) is 0.0667. The number of H-pyrrole nitrogens is 1. The van der Waals surface area contributed by atoms with E-state index in [0.29, 0.717) is 0 Å². The minimum Gasteiger partial charge on any atom is -0.361 e. The van der Waals surface area contributed by atoms with Crippen molar-refractivity contribution in [1.82, 2.24) is 4.98 Å². The van der Waals surface area contributed by atoms with Gasteiger partial charge < -0.3 is 4.98 Å². The van der Waals surface area contributed by atoms with Crippen LogP contribution in [-0.2, 0) is 0 Å². The smallest absolute Gasteiger partial charge is 0.0463 e. The van der Waals surface area contributed by atoms with Crippen LogP contribution in [0.15, 0.2) is 97.2 Å². The standard InChI is InChI=1S/C30H21N/c1-18(26-17-31-27-16-13-19-5-2-3-8-24(19)30(26)27)23-14-11-22-10-9-20-6-4-7-21-12-15-25(23)29(22)28(20)21/h2-18,31H,1H3. The van der Waals surface area contributed by atoms with Crippen LogP contribution in [0.5, 0.6) is 0 Å². The van der Waals surface area contributed by atoms with Crippen molar-refractivity contribution in [3.63, 3.8) is 0 Å². The van der Waals surface area contributed by atoms with Gasteiger partial charge in [-0.3, -0.25) is 0 Å². The molecule has 0 aliphatic rings. The Kier molecular flexibility index (Phi) is 3.32. The Morgan fingerprint density at radius 3 is 2.06 bits per heavy atom. The molecule has 0 saturated carbocycles. The zero-order valence-corrected chi connectivity index (χ0v) is 17.3.